The van der Waals surface area contributed by atoms with Gasteiger partial charge in [-0.15, -0.1) is 0 Å². The molecule has 4 aromatic carbocycles. The summed E-state index contributed by atoms with van der Waals surface area (Å²) in [6.07, 6.45) is -0.280. The molecule has 0 fully saturated rings. The molecular weight excluding hydrogens is 833 g/mol. The number of hydrogen-bond acceptors (Lipinski definition) is 6. The molecular formula is C40H43Br2Cl2N3O5. The number of benzene rings is 4. The maximum absolute atomic E-state index is 12.9. The van der Waals surface area contributed by atoms with Gasteiger partial charge in [0.15, 0.2) is 11.6 Å². The number of carbonyl (C=O) groups is 4. The average molecular weight is 877 g/mol. The van der Waals surface area contributed by atoms with Crippen LogP contribution in [0.5, 0.6) is 0 Å². The summed E-state index contributed by atoms with van der Waals surface area (Å²) in [6.45, 7) is 8.56. The molecule has 2 amide bonds. The van der Waals surface area contributed by atoms with Crippen LogP contribution in [0.1, 0.15) is 82.1 Å². The van der Waals surface area contributed by atoms with Gasteiger partial charge < -0.3 is 15.4 Å². The van der Waals surface area contributed by atoms with Crippen LogP contribution in [0, 0.1) is 0 Å². The number of halogens is 4. The third-order valence-corrected chi connectivity index (χ3v) is 8.81. The number of Topliss-reactive ketones (excluding diaryl/α,β-unsaturated/α-hetero) is 1. The summed E-state index contributed by atoms with van der Waals surface area (Å²) in [7, 11) is 0. The fraction of sp³-hybridized carbons (Fsp3) is 0.275. The van der Waals surface area contributed by atoms with E-state index in [1.807, 2.05) is 49.4 Å². The first-order valence-corrected chi connectivity index (χ1v) is 17.9. The van der Waals surface area contributed by atoms with Gasteiger partial charge in [-0.3, -0.25) is 19.4 Å². The number of amides is 2. The Balaban J connectivity index is 0.000000362. The lowest BCUT2D eigenvalue weighted by atomic mass is 9.96. The van der Waals surface area contributed by atoms with Crippen LogP contribution in [0.3, 0.4) is 0 Å². The molecule has 0 aromatic heterocycles. The van der Waals surface area contributed by atoms with Crippen molar-refractivity contribution in [2.75, 3.05) is 5.32 Å². The van der Waals surface area contributed by atoms with Crippen LogP contribution in [-0.2, 0) is 20.7 Å². The van der Waals surface area contributed by atoms with Crippen LogP contribution in [0.2, 0.25) is 10.0 Å². The number of alkyl carbamates (subject to hydrolysis) is 1. The highest BCUT2D eigenvalue weighted by atomic mass is 79.9. The van der Waals surface area contributed by atoms with Gasteiger partial charge >= 0.3 is 6.09 Å². The van der Waals surface area contributed by atoms with E-state index in [0.717, 1.165) is 26.9 Å². The SMILES string of the molecule is C.C.C[C@@H](NC(=O)OC(C)(C)C)C(=O)Nc1ccc(Br)cc1C(=O)c1ccc(Cl)cc1.C[C@@H]1N=C(c2ccc(Cl)cc2)c2cc(Br)ccc2CC1=O. The number of nitrogens with zero attached hydrogens (tertiary/aromatic N) is 1. The van der Waals surface area contributed by atoms with E-state index in [4.69, 9.17) is 27.9 Å². The predicted octanol–water partition coefficient (Wildman–Crippen LogP) is 10.9. The van der Waals surface area contributed by atoms with Gasteiger partial charge in [0.25, 0.3) is 0 Å². The topological polar surface area (TPSA) is 114 Å². The quantitative estimate of drug-likeness (QED) is 0.187. The molecule has 0 bridgehead atoms. The van der Waals surface area contributed by atoms with E-state index < -0.39 is 23.6 Å². The van der Waals surface area contributed by atoms with Crippen molar-refractivity contribution in [1.82, 2.24) is 5.32 Å². The second-order valence-corrected chi connectivity index (χ2v) is 15.2. The van der Waals surface area contributed by atoms with E-state index >= 15 is 0 Å². The molecule has 0 saturated heterocycles. The Morgan fingerprint density at radius 2 is 1.42 bits per heavy atom. The van der Waals surface area contributed by atoms with Gasteiger partial charge in [0, 0.05) is 47.7 Å². The maximum atomic E-state index is 12.9. The number of carbonyl (C=O) groups excluding carboxylic acids is 4. The van der Waals surface area contributed by atoms with Crippen molar-refractivity contribution in [3.05, 3.63) is 132 Å². The van der Waals surface area contributed by atoms with Crippen molar-refractivity contribution in [2.24, 2.45) is 4.99 Å². The van der Waals surface area contributed by atoms with Crippen molar-refractivity contribution >= 4 is 90.0 Å². The Bertz CT molecular complexity index is 1940. The zero-order valence-electron chi connectivity index (χ0n) is 27.9. The smallest absolute Gasteiger partial charge is 0.408 e. The Hall–Kier alpha value is -3.83. The first kappa shape index (κ1) is 44.3. The van der Waals surface area contributed by atoms with Crippen molar-refractivity contribution in [2.45, 2.75) is 73.6 Å². The lowest BCUT2D eigenvalue weighted by Gasteiger charge is -2.22. The third-order valence-electron chi connectivity index (χ3n) is 7.32. The summed E-state index contributed by atoms with van der Waals surface area (Å²) in [5, 5.41) is 6.37. The number of ether oxygens (including phenoxy) is 1. The van der Waals surface area contributed by atoms with Gasteiger partial charge in [0.2, 0.25) is 5.91 Å². The first-order valence-electron chi connectivity index (χ1n) is 15.6. The molecule has 1 aliphatic heterocycles. The minimum absolute atomic E-state index is 0. The summed E-state index contributed by atoms with van der Waals surface area (Å²) in [4.78, 5) is 54.1. The second kappa shape index (κ2) is 19.3. The molecule has 276 valence electrons. The zero-order valence-corrected chi connectivity index (χ0v) is 32.6. The monoisotopic (exact) mass is 873 g/mol. The molecule has 0 aliphatic carbocycles. The molecule has 12 heteroatoms. The molecule has 0 saturated carbocycles. The molecule has 1 aliphatic rings. The number of rotatable bonds is 6. The highest BCUT2D eigenvalue weighted by Gasteiger charge is 2.24. The third kappa shape index (κ3) is 12.4. The van der Waals surface area contributed by atoms with Crippen LogP contribution in [0.4, 0.5) is 10.5 Å². The van der Waals surface area contributed by atoms with E-state index in [0.29, 0.717) is 37.8 Å². The molecule has 1 heterocycles. The molecule has 2 atom stereocenters. The Labute approximate surface area is 333 Å². The molecule has 8 nitrogen and oxygen atoms in total. The van der Waals surface area contributed by atoms with E-state index in [1.54, 1.807) is 63.2 Å². The van der Waals surface area contributed by atoms with E-state index in [9.17, 15) is 19.2 Å². The van der Waals surface area contributed by atoms with Gasteiger partial charge in [-0.2, -0.15) is 0 Å². The molecule has 52 heavy (non-hydrogen) atoms. The number of fused-ring (bicyclic) bond motifs is 1. The average Bonchev–Trinajstić information content (AvgIpc) is 3.16. The highest BCUT2D eigenvalue weighted by molar-refractivity contribution is 9.10. The van der Waals surface area contributed by atoms with Gasteiger partial charge in [-0.05, 0) is 107 Å². The molecule has 0 spiro atoms. The van der Waals surface area contributed by atoms with E-state index in [2.05, 4.69) is 47.5 Å². The zero-order chi connectivity index (χ0) is 36.7. The second-order valence-electron chi connectivity index (χ2n) is 12.5. The minimum atomic E-state index is -0.869. The fourth-order valence-corrected chi connectivity index (χ4v) is 5.77. The van der Waals surface area contributed by atoms with Gasteiger partial charge in [0.1, 0.15) is 17.7 Å². The molecule has 0 unspecified atom stereocenters. The maximum Gasteiger partial charge on any atom is 0.408 e. The van der Waals surface area contributed by atoms with Crippen LogP contribution >= 0.6 is 55.1 Å². The minimum Gasteiger partial charge on any atom is -0.444 e. The summed E-state index contributed by atoms with van der Waals surface area (Å²) in [6, 6.07) is 23.8. The molecule has 5 rings (SSSR count). The summed E-state index contributed by atoms with van der Waals surface area (Å²) < 4.78 is 6.82. The molecule has 2 N–H and O–H groups in total. The number of nitrogens with one attached hydrogen (secondary N) is 2. The number of aliphatic imine (C=N–C) groups is 1. The summed E-state index contributed by atoms with van der Waals surface area (Å²) >= 11 is 18.7. The summed E-state index contributed by atoms with van der Waals surface area (Å²) in [5.41, 5.74) is 4.23. The van der Waals surface area contributed by atoms with Crippen LogP contribution < -0.4 is 10.6 Å². The van der Waals surface area contributed by atoms with Gasteiger partial charge in [-0.25, -0.2) is 4.79 Å². The van der Waals surface area contributed by atoms with E-state index in [1.165, 1.54) is 6.92 Å². The highest BCUT2D eigenvalue weighted by Crippen LogP contribution is 2.27. The van der Waals surface area contributed by atoms with Crippen molar-refractivity contribution in [3.8, 4) is 0 Å². The number of anilines is 1. The van der Waals surface area contributed by atoms with Crippen LogP contribution in [-0.4, -0.2) is 47.0 Å². The predicted molar refractivity (Wildman–Crippen MR) is 219 cm³/mol. The first-order chi connectivity index (χ1) is 23.5. The Kier molecular flexibility index (Phi) is 16.5. The van der Waals surface area contributed by atoms with Gasteiger partial charge in [-0.1, -0.05) is 88.1 Å². The van der Waals surface area contributed by atoms with Gasteiger partial charge in [0.05, 0.1) is 11.4 Å². The standard InChI is InChI=1S/C21H22BrClN2O4.C17H13BrClNO.2CH4/c1-12(24-20(28)29-21(2,3)4)19(27)25-17-10-7-14(22)11-16(17)18(26)13-5-8-15(23)9-6-13;1-10-16(21)8-12-2-5-13(18)9-15(12)17(20-10)11-3-6-14(19)7-4-11;;/h5-12H,1-4H3,(H,24,28)(H,25,27);2-7,9-10H,8H2,1H3;2*1H4/t12-;10-;;/m10../s1. The normalized spacial score (nSPS) is 14.0. The largest absolute Gasteiger partial charge is 0.444 e. The Morgan fingerprint density at radius 1 is 0.865 bits per heavy atom. The molecule has 0 radical (unpaired) electrons. The Morgan fingerprint density at radius 3 is 2.02 bits per heavy atom. The van der Waals surface area contributed by atoms with Crippen molar-refractivity contribution < 1.29 is 23.9 Å². The van der Waals surface area contributed by atoms with Crippen LogP contribution in [0.15, 0.2) is 98.9 Å². The van der Waals surface area contributed by atoms with Crippen molar-refractivity contribution in [1.29, 1.82) is 0 Å². The van der Waals surface area contributed by atoms with E-state index in [-0.39, 0.29) is 32.5 Å². The number of ketones is 2. The molecule has 4 aromatic rings. The summed E-state index contributed by atoms with van der Waals surface area (Å²) in [5.74, 6) is -0.614. The fourth-order valence-electron chi connectivity index (χ4n) is 4.79. The van der Waals surface area contributed by atoms with Crippen LogP contribution in [0.25, 0.3) is 0 Å². The van der Waals surface area contributed by atoms with Crippen molar-refractivity contribution in [3.63, 3.8) is 0 Å². The lowest BCUT2D eigenvalue weighted by molar-refractivity contribution is -0.119. The lowest BCUT2D eigenvalue weighted by Crippen LogP contribution is -2.44. The number of hydrogen-bond donors (Lipinski definition) is 2.